The molecule has 256 valence electrons. The molecule has 1 aliphatic heterocycles. The van der Waals surface area contributed by atoms with Gasteiger partial charge in [-0.25, -0.2) is 0 Å². The van der Waals surface area contributed by atoms with Crippen molar-refractivity contribution in [1.29, 1.82) is 0 Å². The second-order valence-electron chi connectivity index (χ2n) is 13.1. The van der Waals surface area contributed by atoms with Crippen molar-refractivity contribution >= 4 is 0 Å². The predicted octanol–water partition coefficient (Wildman–Crippen LogP) is 12.9. The molecule has 0 bridgehead atoms. The highest BCUT2D eigenvalue weighted by Gasteiger charge is 2.40. The molecule has 0 aromatic carbocycles. The van der Waals surface area contributed by atoms with Crippen molar-refractivity contribution in [1.82, 2.24) is 0 Å². The van der Waals surface area contributed by atoms with Crippen LogP contribution < -0.4 is 0 Å². The fourth-order valence-electron chi connectivity index (χ4n) is 6.06. The highest BCUT2D eigenvalue weighted by molar-refractivity contribution is 4.93. The summed E-state index contributed by atoms with van der Waals surface area (Å²) in [6, 6.07) is 0. The third kappa shape index (κ3) is 25.1. The molecule has 0 amide bonds. The number of allylic oxidation sites excluding steroid dienone is 8. The summed E-state index contributed by atoms with van der Waals surface area (Å²) in [6.45, 7) is 5.35. The largest absolute Gasteiger partial charge is 0.396 e. The van der Waals surface area contributed by atoms with Crippen LogP contribution in [0.1, 0.15) is 187 Å². The van der Waals surface area contributed by atoms with Crippen molar-refractivity contribution in [2.24, 2.45) is 0 Å². The molecule has 3 heteroatoms. The van der Waals surface area contributed by atoms with Gasteiger partial charge in [0.2, 0.25) is 0 Å². The number of hydrogen-bond acceptors (Lipinski definition) is 3. The van der Waals surface area contributed by atoms with E-state index in [-0.39, 0.29) is 12.7 Å². The van der Waals surface area contributed by atoms with Gasteiger partial charge in [-0.15, -0.1) is 0 Å². The van der Waals surface area contributed by atoms with E-state index in [4.69, 9.17) is 9.47 Å². The molecule has 0 aliphatic carbocycles. The molecule has 1 atom stereocenters. The Morgan fingerprint density at radius 2 is 0.909 bits per heavy atom. The molecule has 1 fully saturated rings. The summed E-state index contributed by atoms with van der Waals surface area (Å²) in [6.07, 6.45) is 52.0. The lowest BCUT2D eigenvalue weighted by Crippen LogP contribution is -2.31. The number of unbranched alkanes of at least 4 members (excludes halogenated alkanes) is 18. The first-order valence-electron chi connectivity index (χ1n) is 19.3. The zero-order valence-electron chi connectivity index (χ0n) is 29.5. The van der Waals surface area contributed by atoms with E-state index >= 15 is 0 Å². The molecule has 3 nitrogen and oxygen atoms in total. The molecular formula is C41H74O3. The smallest absolute Gasteiger partial charge is 0.168 e. The van der Waals surface area contributed by atoms with Gasteiger partial charge in [0.05, 0.1) is 12.7 Å². The Labute approximate surface area is 275 Å². The zero-order chi connectivity index (χ0) is 31.7. The molecule has 44 heavy (non-hydrogen) atoms. The molecule has 0 aromatic heterocycles. The Bertz CT molecular complexity index is 659. The van der Waals surface area contributed by atoms with Crippen LogP contribution in [0.15, 0.2) is 48.6 Å². The lowest BCUT2D eigenvalue weighted by Gasteiger charge is -2.28. The number of aliphatic hydroxyl groups excluding tert-OH is 1. The van der Waals surface area contributed by atoms with Crippen molar-refractivity contribution in [3.63, 3.8) is 0 Å². The minimum atomic E-state index is -0.398. The Hall–Kier alpha value is -1.16. The van der Waals surface area contributed by atoms with E-state index in [1.165, 1.54) is 141 Å². The van der Waals surface area contributed by atoms with E-state index in [0.29, 0.717) is 13.0 Å². The molecule has 0 unspecified atom stereocenters. The van der Waals surface area contributed by atoms with E-state index in [9.17, 15) is 5.11 Å². The summed E-state index contributed by atoms with van der Waals surface area (Å²) < 4.78 is 12.7. The molecule has 0 saturated carbocycles. The van der Waals surface area contributed by atoms with Gasteiger partial charge in [0.15, 0.2) is 5.79 Å². The van der Waals surface area contributed by atoms with Crippen LogP contribution in [0.2, 0.25) is 0 Å². The Morgan fingerprint density at radius 1 is 0.523 bits per heavy atom. The van der Waals surface area contributed by atoms with Crippen LogP contribution in [0.5, 0.6) is 0 Å². The topological polar surface area (TPSA) is 38.7 Å². The fourth-order valence-corrected chi connectivity index (χ4v) is 6.06. The molecule has 1 saturated heterocycles. The first-order valence-corrected chi connectivity index (χ1v) is 19.3. The van der Waals surface area contributed by atoms with E-state index in [2.05, 4.69) is 62.5 Å². The maximum absolute atomic E-state index is 9.40. The van der Waals surface area contributed by atoms with Crippen molar-refractivity contribution in [3.8, 4) is 0 Å². The van der Waals surface area contributed by atoms with E-state index < -0.39 is 5.79 Å². The zero-order valence-corrected chi connectivity index (χ0v) is 29.5. The van der Waals surface area contributed by atoms with Crippen LogP contribution in [0.3, 0.4) is 0 Å². The molecule has 1 heterocycles. The van der Waals surface area contributed by atoms with Gasteiger partial charge < -0.3 is 14.6 Å². The Balaban J connectivity index is 2.08. The summed E-state index contributed by atoms with van der Waals surface area (Å²) in [5, 5.41) is 9.40. The van der Waals surface area contributed by atoms with Crippen molar-refractivity contribution < 1.29 is 14.6 Å². The van der Waals surface area contributed by atoms with Crippen LogP contribution in [-0.4, -0.2) is 30.2 Å². The average molecular weight is 615 g/mol. The number of aliphatic hydroxyl groups is 1. The molecule has 1 aliphatic rings. The first-order chi connectivity index (χ1) is 21.8. The summed E-state index contributed by atoms with van der Waals surface area (Å²) in [5.41, 5.74) is 0. The lowest BCUT2D eigenvalue weighted by molar-refractivity contribution is -0.180. The lowest BCUT2D eigenvalue weighted by atomic mass is 9.98. The van der Waals surface area contributed by atoms with E-state index in [0.717, 1.165) is 25.7 Å². The fraction of sp³-hybridized carbons (Fsp3) is 0.805. The Kier molecular flexibility index (Phi) is 29.5. The van der Waals surface area contributed by atoms with Gasteiger partial charge in [0, 0.05) is 19.4 Å². The third-order valence-corrected chi connectivity index (χ3v) is 8.88. The van der Waals surface area contributed by atoms with Gasteiger partial charge in [0.25, 0.3) is 0 Å². The summed E-state index contributed by atoms with van der Waals surface area (Å²) in [4.78, 5) is 0. The normalized spacial score (nSPS) is 17.0. The molecule has 0 aromatic rings. The van der Waals surface area contributed by atoms with Crippen molar-refractivity contribution in [2.75, 3.05) is 13.2 Å². The SMILES string of the molecule is CCCCC/C=C\C/C=C\CCCCCCCCC1(CCCCCCCC/C=C\C/C=C\CCCCC)OC[C@@H](CCO)O1. The van der Waals surface area contributed by atoms with Gasteiger partial charge in [0.1, 0.15) is 0 Å². The maximum atomic E-state index is 9.40. The summed E-state index contributed by atoms with van der Waals surface area (Å²) in [5.74, 6) is -0.398. The second kappa shape index (κ2) is 31.8. The third-order valence-electron chi connectivity index (χ3n) is 8.88. The number of ether oxygens (including phenoxy) is 2. The molecule has 0 radical (unpaired) electrons. The standard InChI is InChI=1S/C41H74O3/c1-3-5-7-9-11-13-15-17-19-21-23-25-27-29-31-33-36-41(43-39-40(44-41)35-38-42)37-34-32-30-28-26-24-22-20-18-16-14-12-10-8-6-4-2/h11-14,17-20,40,42H,3-10,15-16,21-39H2,1-2H3/b13-11-,14-12-,19-17-,20-18-/t40-/m1/s1. The van der Waals surface area contributed by atoms with Crippen molar-refractivity contribution in [3.05, 3.63) is 48.6 Å². The van der Waals surface area contributed by atoms with Crippen LogP contribution in [0.4, 0.5) is 0 Å². The number of rotatable bonds is 32. The monoisotopic (exact) mass is 615 g/mol. The van der Waals surface area contributed by atoms with E-state index in [1.807, 2.05) is 0 Å². The van der Waals surface area contributed by atoms with E-state index in [1.54, 1.807) is 0 Å². The van der Waals surface area contributed by atoms with Gasteiger partial charge in [-0.2, -0.15) is 0 Å². The van der Waals surface area contributed by atoms with Crippen LogP contribution in [0, 0.1) is 0 Å². The second-order valence-corrected chi connectivity index (χ2v) is 13.1. The minimum absolute atomic E-state index is 0.0641. The number of hydrogen-bond donors (Lipinski definition) is 1. The summed E-state index contributed by atoms with van der Waals surface area (Å²) in [7, 11) is 0. The molecule has 1 N–H and O–H groups in total. The highest BCUT2D eigenvalue weighted by atomic mass is 16.7. The van der Waals surface area contributed by atoms with Gasteiger partial charge in [-0.1, -0.05) is 140 Å². The van der Waals surface area contributed by atoms with Gasteiger partial charge in [-0.3, -0.25) is 0 Å². The van der Waals surface area contributed by atoms with Crippen LogP contribution in [-0.2, 0) is 9.47 Å². The predicted molar refractivity (Wildman–Crippen MR) is 193 cm³/mol. The molecule has 1 rings (SSSR count). The van der Waals surface area contributed by atoms with Crippen LogP contribution in [0.25, 0.3) is 0 Å². The van der Waals surface area contributed by atoms with Crippen LogP contribution >= 0.6 is 0 Å². The van der Waals surface area contributed by atoms with Gasteiger partial charge >= 0.3 is 0 Å². The summed E-state index contributed by atoms with van der Waals surface area (Å²) >= 11 is 0. The minimum Gasteiger partial charge on any atom is -0.396 e. The first kappa shape index (κ1) is 40.9. The average Bonchev–Trinajstić information content (AvgIpc) is 3.43. The maximum Gasteiger partial charge on any atom is 0.168 e. The van der Waals surface area contributed by atoms with Crippen molar-refractivity contribution in [2.45, 2.75) is 199 Å². The van der Waals surface area contributed by atoms with Gasteiger partial charge in [-0.05, 0) is 83.5 Å². The molecule has 0 spiro atoms. The quantitative estimate of drug-likeness (QED) is 0.0605. The highest BCUT2D eigenvalue weighted by Crippen LogP contribution is 2.35. The Morgan fingerprint density at radius 3 is 1.32 bits per heavy atom. The molecular weight excluding hydrogens is 540 g/mol.